The third-order valence-corrected chi connectivity index (χ3v) is 6.05. The second kappa shape index (κ2) is 10.8. The molecule has 1 aromatic rings. The molecule has 0 bridgehead atoms. The summed E-state index contributed by atoms with van der Waals surface area (Å²) in [4.78, 5) is 14.3. The minimum absolute atomic E-state index is 0.117. The van der Waals surface area contributed by atoms with Crippen LogP contribution in [-0.4, -0.2) is 76.4 Å². The molecular formula is C20H31N3O5S. The molecule has 3 atom stereocenters. The van der Waals surface area contributed by atoms with E-state index in [1.54, 1.807) is 24.3 Å². The zero-order valence-electron chi connectivity index (χ0n) is 17.2. The molecule has 1 aliphatic rings. The summed E-state index contributed by atoms with van der Waals surface area (Å²) in [6, 6.07) is 5.78. The van der Waals surface area contributed by atoms with Crippen molar-refractivity contribution >= 4 is 15.9 Å². The number of aliphatic hydroxyl groups excluding tert-OH is 1. The van der Waals surface area contributed by atoms with Crippen LogP contribution in [0.25, 0.3) is 0 Å². The molecule has 0 saturated heterocycles. The Morgan fingerprint density at radius 1 is 1.21 bits per heavy atom. The second-order valence-corrected chi connectivity index (χ2v) is 9.17. The minimum Gasteiger partial charge on any atom is -0.394 e. The molecule has 8 nitrogen and oxygen atoms in total. The van der Waals surface area contributed by atoms with Crippen LogP contribution in [0.5, 0.6) is 0 Å². The maximum Gasteiger partial charge on any atom is 0.241 e. The van der Waals surface area contributed by atoms with Gasteiger partial charge in [-0.25, -0.2) is 13.1 Å². The molecule has 0 radical (unpaired) electrons. The van der Waals surface area contributed by atoms with Crippen molar-refractivity contribution in [1.82, 2.24) is 14.9 Å². The lowest BCUT2D eigenvalue weighted by Crippen LogP contribution is -2.49. The first-order chi connectivity index (χ1) is 13.7. The van der Waals surface area contributed by atoms with Gasteiger partial charge < -0.3 is 20.1 Å². The van der Waals surface area contributed by atoms with Crippen molar-refractivity contribution in [3.63, 3.8) is 0 Å². The summed E-state index contributed by atoms with van der Waals surface area (Å²) in [5.41, 5.74) is 0.959. The lowest BCUT2D eigenvalue weighted by atomic mass is 10.1. The monoisotopic (exact) mass is 425 g/mol. The molecule has 0 unspecified atom stereocenters. The summed E-state index contributed by atoms with van der Waals surface area (Å²) in [7, 11) is 0.189. The molecule has 1 amide bonds. The van der Waals surface area contributed by atoms with Crippen LogP contribution in [0.15, 0.2) is 41.3 Å². The highest BCUT2D eigenvalue weighted by molar-refractivity contribution is 7.89. The van der Waals surface area contributed by atoms with E-state index in [-0.39, 0.29) is 23.8 Å². The van der Waals surface area contributed by atoms with Crippen molar-refractivity contribution in [2.75, 3.05) is 33.8 Å². The van der Waals surface area contributed by atoms with Gasteiger partial charge in [0.2, 0.25) is 15.9 Å². The van der Waals surface area contributed by atoms with E-state index in [4.69, 9.17) is 4.74 Å². The number of aryl methyl sites for hydroxylation is 1. The largest absolute Gasteiger partial charge is 0.394 e. The average molecular weight is 426 g/mol. The number of ether oxygens (including phenoxy) is 1. The van der Waals surface area contributed by atoms with E-state index < -0.39 is 28.3 Å². The fourth-order valence-corrected chi connectivity index (χ4v) is 4.17. The van der Waals surface area contributed by atoms with Crippen LogP contribution in [0.4, 0.5) is 0 Å². The standard InChI is InChI=1S/C20H31N3O5S/c1-15-5-8-17(9-6-15)29(26,27)22-18-10-7-16(28-19(18)14-24)13-20(25)21-11-4-12-23(2)3/h5-10,16,18-19,22,24H,4,11-14H2,1-3H3,(H,21,25)/t16-,18-,19+/m0/s1. The van der Waals surface area contributed by atoms with Crippen LogP contribution in [-0.2, 0) is 19.6 Å². The Kier molecular flexibility index (Phi) is 8.79. The van der Waals surface area contributed by atoms with E-state index >= 15 is 0 Å². The number of hydrogen-bond acceptors (Lipinski definition) is 6. The van der Waals surface area contributed by atoms with Crippen molar-refractivity contribution in [3.8, 4) is 0 Å². The molecule has 0 aromatic heterocycles. The number of nitrogens with zero attached hydrogens (tertiary/aromatic N) is 1. The molecule has 1 heterocycles. The Morgan fingerprint density at radius 3 is 2.52 bits per heavy atom. The van der Waals surface area contributed by atoms with Crippen molar-refractivity contribution in [2.45, 2.75) is 42.9 Å². The molecule has 162 valence electrons. The summed E-state index contributed by atoms with van der Waals surface area (Å²) in [5, 5.41) is 12.5. The molecule has 1 aromatic carbocycles. The van der Waals surface area contributed by atoms with Gasteiger partial charge in [-0.15, -0.1) is 0 Å². The predicted molar refractivity (Wildman–Crippen MR) is 111 cm³/mol. The zero-order chi connectivity index (χ0) is 21.4. The van der Waals surface area contributed by atoms with Crippen LogP contribution in [0.3, 0.4) is 0 Å². The van der Waals surface area contributed by atoms with Gasteiger partial charge >= 0.3 is 0 Å². The Hall–Kier alpha value is -1.78. The van der Waals surface area contributed by atoms with Crippen molar-refractivity contribution in [3.05, 3.63) is 42.0 Å². The van der Waals surface area contributed by atoms with Crippen LogP contribution in [0.2, 0.25) is 0 Å². The first-order valence-corrected chi connectivity index (χ1v) is 11.1. The molecule has 2 rings (SSSR count). The lowest BCUT2D eigenvalue weighted by molar-refractivity contribution is -0.125. The minimum atomic E-state index is -3.76. The van der Waals surface area contributed by atoms with Gasteiger partial charge in [0.25, 0.3) is 0 Å². The summed E-state index contributed by atoms with van der Waals surface area (Å²) in [6.45, 7) is 2.97. The summed E-state index contributed by atoms with van der Waals surface area (Å²) >= 11 is 0. The lowest BCUT2D eigenvalue weighted by Gasteiger charge is -2.31. The first kappa shape index (κ1) is 23.5. The number of hydrogen-bond donors (Lipinski definition) is 3. The van der Waals surface area contributed by atoms with Crippen molar-refractivity contribution in [1.29, 1.82) is 0 Å². The number of rotatable bonds is 10. The Morgan fingerprint density at radius 2 is 1.90 bits per heavy atom. The third-order valence-electron chi connectivity index (χ3n) is 4.58. The Bertz CT molecular complexity index is 793. The molecular weight excluding hydrogens is 394 g/mol. The third kappa shape index (κ3) is 7.52. The summed E-state index contributed by atoms with van der Waals surface area (Å²) in [5.74, 6) is -0.145. The summed E-state index contributed by atoms with van der Waals surface area (Å²) in [6.07, 6.45) is 2.98. The molecule has 29 heavy (non-hydrogen) atoms. The second-order valence-electron chi connectivity index (χ2n) is 7.45. The fourth-order valence-electron chi connectivity index (χ4n) is 2.95. The molecule has 3 N–H and O–H groups in total. The first-order valence-electron chi connectivity index (χ1n) is 9.66. The number of sulfonamides is 1. The molecule has 0 spiro atoms. The van der Waals surface area contributed by atoms with Gasteiger partial charge in [-0.2, -0.15) is 0 Å². The smallest absolute Gasteiger partial charge is 0.241 e. The predicted octanol–water partition coefficient (Wildman–Crippen LogP) is 0.416. The molecule has 0 aliphatic carbocycles. The number of nitrogens with one attached hydrogen (secondary N) is 2. The van der Waals surface area contributed by atoms with Gasteiger partial charge in [0.15, 0.2) is 0 Å². The highest BCUT2D eigenvalue weighted by atomic mass is 32.2. The Balaban J connectivity index is 1.92. The maximum absolute atomic E-state index is 12.6. The SMILES string of the molecule is Cc1ccc(S(=O)(=O)N[C@H]2C=C[C@@H](CC(=O)NCCCN(C)C)O[C@@H]2CO)cc1. The normalized spacial score (nSPS) is 22.0. The highest BCUT2D eigenvalue weighted by Crippen LogP contribution is 2.18. The topological polar surface area (TPSA) is 108 Å². The maximum atomic E-state index is 12.6. The van der Waals surface area contributed by atoms with E-state index in [9.17, 15) is 18.3 Å². The Labute approximate surface area is 173 Å². The van der Waals surface area contributed by atoms with E-state index in [1.807, 2.05) is 25.9 Å². The van der Waals surface area contributed by atoms with Gasteiger partial charge in [0, 0.05) is 6.54 Å². The summed E-state index contributed by atoms with van der Waals surface area (Å²) < 4.78 is 33.4. The van der Waals surface area contributed by atoms with Crippen LogP contribution >= 0.6 is 0 Å². The van der Waals surface area contributed by atoms with Gasteiger partial charge in [-0.05, 0) is 46.1 Å². The quantitative estimate of drug-likeness (QED) is 0.370. The van der Waals surface area contributed by atoms with Crippen LogP contribution in [0.1, 0.15) is 18.4 Å². The highest BCUT2D eigenvalue weighted by Gasteiger charge is 2.31. The van der Waals surface area contributed by atoms with Gasteiger partial charge in [-0.1, -0.05) is 29.8 Å². The average Bonchev–Trinajstić information content (AvgIpc) is 2.66. The number of amides is 1. The molecule has 0 fully saturated rings. The van der Waals surface area contributed by atoms with E-state index in [0.717, 1.165) is 18.5 Å². The number of carbonyl (C=O) groups is 1. The van der Waals surface area contributed by atoms with Crippen LogP contribution in [0, 0.1) is 6.92 Å². The van der Waals surface area contributed by atoms with Gasteiger partial charge in [-0.3, -0.25) is 4.79 Å². The molecule has 9 heteroatoms. The zero-order valence-corrected chi connectivity index (χ0v) is 18.0. The van der Waals surface area contributed by atoms with Crippen LogP contribution < -0.4 is 10.0 Å². The van der Waals surface area contributed by atoms with E-state index in [1.165, 1.54) is 12.1 Å². The van der Waals surface area contributed by atoms with Gasteiger partial charge in [0.1, 0.15) is 6.10 Å². The van der Waals surface area contributed by atoms with Gasteiger partial charge in [0.05, 0.1) is 30.1 Å². The number of carbonyl (C=O) groups excluding carboxylic acids is 1. The van der Waals surface area contributed by atoms with E-state index in [0.29, 0.717) is 6.54 Å². The van der Waals surface area contributed by atoms with E-state index in [2.05, 4.69) is 10.0 Å². The fraction of sp³-hybridized carbons (Fsp3) is 0.550. The number of aliphatic hydroxyl groups is 1. The molecule has 1 aliphatic heterocycles. The van der Waals surface area contributed by atoms with Crippen molar-refractivity contribution < 1.29 is 23.1 Å². The molecule has 0 saturated carbocycles. The van der Waals surface area contributed by atoms with Crippen molar-refractivity contribution in [2.24, 2.45) is 0 Å². The number of benzene rings is 1.